The van der Waals surface area contributed by atoms with Gasteiger partial charge in [0.1, 0.15) is 12.1 Å². The van der Waals surface area contributed by atoms with E-state index in [9.17, 15) is 23.6 Å². The summed E-state index contributed by atoms with van der Waals surface area (Å²) in [5, 5.41) is 4.60. The molecule has 4 rings (SSSR count). The number of anilines is 1. The average molecular weight is 433 g/mol. The van der Waals surface area contributed by atoms with Crippen LogP contribution in [-0.4, -0.2) is 59.5 Å². The molecule has 2 fully saturated rings. The van der Waals surface area contributed by atoms with Crippen molar-refractivity contribution in [3.05, 3.63) is 28.7 Å². The molecule has 3 heterocycles. The van der Waals surface area contributed by atoms with Crippen LogP contribution in [0.25, 0.3) is 11.0 Å². The Hall–Kier alpha value is -3.37. The van der Waals surface area contributed by atoms with Gasteiger partial charge in [0.15, 0.2) is 6.17 Å². The number of alkyl carbamates (subject to hydrolysis) is 1. The number of para-hydroxylation sites is 1. The first kappa shape index (κ1) is 20.9. The number of rotatable bonds is 3. The summed E-state index contributed by atoms with van der Waals surface area (Å²) < 4.78 is 22.7. The van der Waals surface area contributed by atoms with Crippen molar-refractivity contribution in [2.24, 2.45) is 7.05 Å². The minimum atomic E-state index is -1.39. The fourth-order valence-corrected chi connectivity index (χ4v) is 4.33. The Morgan fingerprint density at radius 3 is 2.71 bits per heavy atom. The molecule has 2 saturated heterocycles. The van der Waals surface area contributed by atoms with Gasteiger partial charge in [-0.15, -0.1) is 0 Å². The Balaban J connectivity index is 1.68. The van der Waals surface area contributed by atoms with E-state index in [-0.39, 0.29) is 31.0 Å². The number of imide groups is 1. The van der Waals surface area contributed by atoms with E-state index in [1.165, 1.54) is 16.2 Å². The monoisotopic (exact) mass is 433 g/mol. The molecular formula is C20H24FN5O5. The van der Waals surface area contributed by atoms with Gasteiger partial charge in [-0.2, -0.15) is 0 Å². The van der Waals surface area contributed by atoms with Gasteiger partial charge in [-0.1, -0.05) is 6.07 Å². The van der Waals surface area contributed by atoms with E-state index >= 15 is 0 Å². The quantitative estimate of drug-likeness (QED) is 0.685. The first-order chi connectivity index (χ1) is 14.8. The molecule has 2 aromatic rings. The molecule has 2 aliphatic heterocycles. The molecule has 31 heavy (non-hydrogen) atoms. The van der Waals surface area contributed by atoms with Crippen LogP contribution in [0.3, 0.4) is 0 Å². The van der Waals surface area contributed by atoms with E-state index in [0.717, 1.165) is 0 Å². The molecule has 0 spiro atoms. The predicted octanol–water partition coefficient (Wildman–Crippen LogP) is 0.591. The summed E-state index contributed by atoms with van der Waals surface area (Å²) in [6, 6.07) is 4.49. The minimum absolute atomic E-state index is 0.00143. The van der Waals surface area contributed by atoms with Crippen LogP contribution in [0.2, 0.25) is 0 Å². The van der Waals surface area contributed by atoms with Crippen molar-refractivity contribution in [1.29, 1.82) is 0 Å². The summed E-state index contributed by atoms with van der Waals surface area (Å²) in [6.07, 6.45) is -2.22. The molecular weight excluding hydrogens is 409 g/mol. The molecule has 3 atom stereocenters. The number of hydrogen-bond acceptors (Lipinski definition) is 6. The van der Waals surface area contributed by atoms with Gasteiger partial charge in [-0.05, 0) is 18.6 Å². The zero-order chi connectivity index (χ0) is 22.3. The number of nitrogens with zero attached hydrogens (tertiary/aromatic N) is 3. The van der Waals surface area contributed by atoms with Crippen molar-refractivity contribution in [1.82, 2.24) is 19.8 Å². The smallest absolute Gasteiger partial charge is 0.407 e. The number of benzene rings is 1. The lowest BCUT2D eigenvalue weighted by Gasteiger charge is -2.35. The van der Waals surface area contributed by atoms with Gasteiger partial charge in [0.05, 0.1) is 23.3 Å². The second-order valence-electron chi connectivity index (χ2n) is 7.77. The molecule has 3 unspecified atom stereocenters. The number of piperidine rings is 2. The summed E-state index contributed by atoms with van der Waals surface area (Å²) in [4.78, 5) is 50.1. The molecule has 3 amide bonds. The molecule has 11 heteroatoms. The highest BCUT2D eigenvalue weighted by Gasteiger charge is 2.35. The molecule has 0 radical (unpaired) electrons. The first-order valence-corrected chi connectivity index (χ1v) is 10.1. The maximum atomic E-state index is 14.7. The SMILES string of the molecule is CNC(=O)OC1CCN(c2cccc3c2n(C)c(=O)n3C2CCC(=O)NC2=O)CC1F. The van der Waals surface area contributed by atoms with Crippen LogP contribution in [0.5, 0.6) is 0 Å². The van der Waals surface area contributed by atoms with Gasteiger partial charge < -0.3 is 15.0 Å². The van der Waals surface area contributed by atoms with Crippen LogP contribution < -0.4 is 21.2 Å². The van der Waals surface area contributed by atoms with Crippen molar-refractivity contribution in [3.8, 4) is 0 Å². The van der Waals surface area contributed by atoms with Crippen molar-refractivity contribution in [2.75, 3.05) is 25.0 Å². The number of amides is 3. The Bertz CT molecular complexity index is 1110. The number of halogens is 1. The molecule has 1 aromatic heterocycles. The Morgan fingerprint density at radius 2 is 2.03 bits per heavy atom. The van der Waals surface area contributed by atoms with Gasteiger partial charge in [0.25, 0.3) is 0 Å². The molecule has 2 aliphatic rings. The van der Waals surface area contributed by atoms with Gasteiger partial charge in [0.2, 0.25) is 11.8 Å². The van der Waals surface area contributed by atoms with Crippen LogP contribution in [0, 0.1) is 0 Å². The number of imidazole rings is 1. The number of alkyl halides is 1. The number of aromatic nitrogens is 2. The summed E-state index contributed by atoms with van der Waals surface area (Å²) >= 11 is 0. The van der Waals surface area contributed by atoms with Crippen molar-refractivity contribution >= 4 is 34.6 Å². The Kier molecular flexibility index (Phi) is 5.42. The van der Waals surface area contributed by atoms with Crippen molar-refractivity contribution < 1.29 is 23.5 Å². The topological polar surface area (TPSA) is 115 Å². The number of hydrogen-bond donors (Lipinski definition) is 2. The summed E-state index contributed by atoms with van der Waals surface area (Å²) in [5.41, 5.74) is 1.39. The maximum absolute atomic E-state index is 14.7. The highest BCUT2D eigenvalue weighted by Crippen LogP contribution is 2.32. The molecule has 0 bridgehead atoms. The zero-order valence-corrected chi connectivity index (χ0v) is 17.3. The third kappa shape index (κ3) is 3.64. The van der Waals surface area contributed by atoms with Gasteiger partial charge in [-0.3, -0.25) is 24.0 Å². The second-order valence-corrected chi connectivity index (χ2v) is 7.77. The van der Waals surface area contributed by atoms with Crippen LogP contribution in [0.1, 0.15) is 25.3 Å². The number of fused-ring (bicyclic) bond motifs is 1. The molecule has 0 aliphatic carbocycles. The van der Waals surface area contributed by atoms with Crippen molar-refractivity contribution in [3.63, 3.8) is 0 Å². The molecule has 2 N–H and O–H groups in total. The molecule has 1 aromatic carbocycles. The van der Waals surface area contributed by atoms with E-state index in [4.69, 9.17) is 4.74 Å². The Morgan fingerprint density at radius 1 is 1.26 bits per heavy atom. The van der Waals surface area contributed by atoms with E-state index < -0.39 is 30.3 Å². The summed E-state index contributed by atoms with van der Waals surface area (Å²) in [6.45, 7) is 0.428. The summed E-state index contributed by atoms with van der Waals surface area (Å²) in [7, 11) is 3.02. The fourth-order valence-electron chi connectivity index (χ4n) is 4.33. The van der Waals surface area contributed by atoms with Gasteiger partial charge >= 0.3 is 11.8 Å². The largest absolute Gasteiger partial charge is 0.443 e. The first-order valence-electron chi connectivity index (χ1n) is 10.1. The highest BCUT2D eigenvalue weighted by atomic mass is 19.1. The van der Waals surface area contributed by atoms with E-state index in [1.807, 2.05) is 4.90 Å². The normalized spacial score (nSPS) is 24.2. The van der Waals surface area contributed by atoms with Crippen LogP contribution >= 0.6 is 0 Å². The van der Waals surface area contributed by atoms with Gasteiger partial charge in [-0.25, -0.2) is 14.0 Å². The maximum Gasteiger partial charge on any atom is 0.407 e. The molecule has 166 valence electrons. The lowest BCUT2D eigenvalue weighted by molar-refractivity contribution is -0.135. The van der Waals surface area contributed by atoms with E-state index in [0.29, 0.717) is 29.7 Å². The van der Waals surface area contributed by atoms with Crippen LogP contribution in [0.4, 0.5) is 14.9 Å². The van der Waals surface area contributed by atoms with Crippen LogP contribution in [-0.2, 0) is 21.4 Å². The molecule has 10 nitrogen and oxygen atoms in total. The highest BCUT2D eigenvalue weighted by molar-refractivity contribution is 6.00. The Labute approximate surface area is 176 Å². The number of carbonyl (C=O) groups excluding carboxylic acids is 3. The molecule has 0 saturated carbocycles. The number of ether oxygens (including phenoxy) is 1. The van der Waals surface area contributed by atoms with Gasteiger partial charge in [0, 0.05) is 33.5 Å². The standard InChI is InChI=1S/C20H24FN5O5/c1-22-19(29)31-15-8-9-25(10-11(15)21)12-4-3-5-13-17(12)24(2)20(30)26(13)14-6-7-16(27)23-18(14)28/h3-5,11,14-15H,6-10H2,1-2H3,(H,22,29)(H,23,27,28). The average Bonchev–Trinajstić information content (AvgIpc) is 3.00. The van der Waals surface area contributed by atoms with E-state index in [1.54, 1.807) is 25.2 Å². The van der Waals surface area contributed by atoms with Crippen LogP contribution in [0.15, 0.2) is 23.0 Å². The number of carbonyl (C=O) groups is 3. The third-order valence-electron chi connectivity index (χ3n) is 5.89. The summed E-state index contributed by atoms with van der Waals surface area (Å²) in [5.74, 6) is -0.863. The third-order valence-corrected chi connectivity index (χ3v) is 5.89. The minimum Gasteiger partial charge on any atom is -0.443 e. The number of aryl methyl sites for hydroxylation is 1. The van der Waals surface area contributed by atoms with Crippen molar-refractivity contribution in [2.45, 2.75) is 37.6 Å². The number of nitrogens with one attached hydrogen (secondary N) is 2. The lowest BCUT2D eigenvalue weighted by Crippen LogP contribution is -2.47. The van der Waals surface area contributed by atoms with E-state index in [2.05, 4.69) is 10.6 Å². The fraction of sp³-hybridized carbons (Fsp3) is 0.500. The lowest BCUT2D eigenvalue weighted by atomic mass is 10.0. The zero-order valence-electron chi connectivity index (χ0n) is 17.3. The second kappa shape index (κ2) is 8.05. The predicted molar refractivity (Wildman–Crippen MR) is 110 cm³/mol.